The van der Waals surface area contributed by atoms with Crippen molar-refractivity contribution in [2.24, 2.45) is 0 Å². The van der Waals surface area contributed by atoms with Crippen LogP contribution in [0.15, 0.2) is 42.5 Å². The molecule has 5 heteroatoms. The van der Waals surface area contributed by atoms with Crippen LogP contribution in [-0.2, 0) is 6.54 Å². The lowest BCUT2D eigenvalue weighted by molar-refractivity contribution is 0.0697. The lowest BCUT2D eigenvalue weighted by Crippen LogP contribution is -2.04. The van der Waals surface area contributed by atoms with E-state index in [-0.39, 0.29) is 23.5 Å². The Morgan fingerprint density at radius 2 is 1.95 bits per heavy atom. The van der Waals surface area contributed by atoms with Crippen LogP contribution in [0, 0.1) is 5.82 Å². The Morgan fingerprint density at radius 3 is 2.63 bits per heavy atom. The topological polar surface area (TPSA) is 69.6 Å². The molecular formula is C14H12FNO3. The molecule has 3 N–H and O–H groups in total. The molecule has 0 aliphatic heterocycles. The molecule has 4 nitrogen and oxygen atoms in total. The molecule has 2 aromatic carbocycles. The third-order valence-electron chi connectivity index (χ3n) is 2.67. The van der Waals surface area contributed by atoms with Crippen molar-refractivity contribution in [1.82, 2.24) is 0 Å². The highest BCUT2D eigenvalue weighted by molar-refractivity contribution is 5.88. The summed E-state index contributed by atoms with van der Waals surface area (Å²) in [6.45, 7) is 0.201. The van der Waals surface area contributed by atoms with Gasteiger partial charge in [0.25, 0.3) is 0 Å². The fraction of sp³-hybridized carbons (Fsp3) is 0.0714. The number of halogens is 1. The van der Waals surface area contributed by atoms with Crippen LogP contribution in [0.1, 0.15) is 15.9 Å². The number of benzene rings is 2. The molecule has 0 amide bonds. The van der Waals surface area contributed by atoms with Crippen LogP contribution in [0.4, 0.5) is 10.1 Å². The maximum absolute atomic E-state index is 13.5. The fourth-order valence-corrected chi connectivity index (χ4v) is 1.64. The molecule has 0 radical (unpaired) electrons. The van der Waals surface area contributed by atoms with Gasteiger partial charge in [-0.05, 0) is 24.3 Å². The van der Waals surface area contributed by atoms with Crippen molar-refractivity contribution in [3.8, 4) is 5.75 Å². The molecule has 0 heterocycles. The molecule has 0 atom stereocenters. The van der Waals surface area contributed by atoms with Crippen LogP contribution in [0.3, 0.4) is 0 Å². The monoisotopic (exact) mass is 261 g/mol. The summed E-state index contributed by atoms with van der Waals surface area (Å²) < 4.78 is 13.5. The number of hydrogen-bond acceptors (Lipinski definition) is 3. The summed E-state index contributed by atoms with van der Waals surface area (Å²) in [5.41, 5.74) is 0.687. The number of phenolic OH excluding ortho intramolecular Hbond substituents is 1. The highest BCUT2D eigenvalue weighted by Crippen LogP contribution is 2.20. The zero-order chi connectivity index (χ0) is 13.8. The number of carboxylic acids is 1. The molecule has 0 aliphatic rings. The Kier molecular flexibility index (Phi) is 3.66. The highest BCUT2D eigenvalue weighted by Gasteiger charge is 2.08. The minimum absolute atomic E-state index is 0.00110. The number of anilines is 1. The van der Waals surface area contributed by atoms with E-state index in [1.165, 1.54) is 18.2 Å². The van der Waals surface area contributed by atoms with Gasteiger partial charge in [0.2, 0.25) is 0 Å². The Balaban J connectivity index is 2.17. The average molecular weight is 261 g/mol. The summed E-state index contributed by atoms with van der Waals surface area (Å²) >= 11 is 0. The van der Waals surface area contributed by atoms with E-state index >= 15 is 0 Å². The van der Waals surface area contributed by atoms with Gasteiger partial charge < -0.3 is 15.5 Å². The van der Waals surface area contributed by atoms with Crippen LogP contribution in [-0.4, -0.2) is 16.2 Å². The third-order valence-corrected chi connectivity index (χ3v) is 2.67. The molecule has 0 bridgehead atoms. The van der Waals surface area contributed by atoms with Crippen LogP contribution < -0.4 is 5.32 Å². The number of hydrogen-bond donors (Lipinski definition) is 3. The van der Waals surface area contributed by atoms with Crippen LogP contribution in [0.5, 0.6) is 5.75 Å². The average Bonchev–Trinajstić information content (AvgIpc) is 2.39. The molecular weight excluding hydrogens is 249 g/mol. The smallest absolute Gasteiger partial charge is 0.335 e. The summed E-state index contributed by atoms with van der Waals surface area (Å²) in [4.78, 5) is 10.8. The predicted molar refractivity (Wildman–Crippen MR) is 68.8 cm³/mol. The van der Waals surface area contributed by atoms with E-state index in [0.717, 1.165) is 6.07 Å². The molecule has 0 saturated carbocycles. The summed E-state index contributed by atoms with van der Waals surface area (Å²) in [5, 5.41) is 21.2. The molecule has 19 heavy (non-hydrogen) atoms. The lowest BCUT2D eigenvalue weighted by atomic mass is 10.1. The summed E-state index contributed by atoms with van der Waals surface area (Å²) in [6, 6.07) is 10.2. The Hall–Kier alpha value is -2.56. The number of aromatic carboxylic acids is 1. The van der Waals surface area contributed by atoms with Crippen molar-refractivity contribution < 1.29 is 19.4 Å². The Labute approximate surface area is 109 Å². The number of aromatic hydroxyl groups is 1. The second-order valence-corrected chi connectivity index (χ2v) is 3.98. The van der Waals surface area contributed by atoms with Gasteiger partial charge in [-0.3, -0.25) is 0 Å². The second-order valence-electron chi connectivity index (χ2n) is 3.98. The van der Waals surface area contributed by atoms with Gasteiger partial charge in [0.05, 0.1) is 11.3 Å². The first kappa shape index (κ1) is 12.9. The van der Waals surface area contributed by atoms with E-state index in [0.29, 0.717) is 5.56 Å². The first-order valence-electron chi connectivity index (χ1n) is 5.61. The van der Waals surface area contributed by atoms with Crippen LogP contribution in [0.2, 0.25) is 0 Å². The van der Waals surface area contributed by atoms with Crippen molar-refractivity contribution in [2.45, 2.75) is 6.54 Å². The first-order chi connectivity index (χ1) is 9.08. The van der Waals surface area contributed by atoms with Crippen molar-refractivity contribution in [1.29, 1.82) is 0 Å². The number of phenols is 1. The number of para-hydroxylation sites is 1. The predicted octanol–water partition coefficient (Wildman–Crippen LogP) is 2.84. The van der Waals surface area contributed by atoms with Gasteiger partial charge >= 0.3 is 5.97 Å². The van der Waals surface area contributed by atoms with Gasteiger partial charge in [-0.1, -0.05) is 18.2 Å². The van der Waals surface area contributed by atoms with E-state index in [1.807, 2.05) is 0 Å². The normalized spacial score (nSPS) is 10.2. The maximum Gasteiger partial charge on any atom is 0.335 e. The quantitative estimate of drug-likeness (QED) is 0.791. The number of nitrogens with one attached hydrogen (secondary N) is 1. The SMILES string of the molecule is O=C(O)c1ccc(F)c(NCc2ccccc2O)c1. The van der Waals surface area contributed by atoms with Crippen molar-refractivity contribution in [3.05, 3.63) is 59.4 Å². The molecule has 2 aromatic rings. The van der Waals surface area contributed by atoms with Gasteiger partial charge in [0.15, 0.2) is 0 Å². The zero-order valence-corrected chi connectivity index (χ0v) is 9.93. The van der Waals surface area contributed by atoms with Gasteiger partial charge in [-0.2, -0.15) is 0 Å². The van der Waals surface area contributed by atoms with Gasteiger partial charge in [-0.15, -0.1) is 0 Å². The number of rotatable bonds is 4. The minimum Gasteiger partial charge on any atom is -0.508 e. The highest BCUT2D eigenvalue weighted by atomic mass is 19.1. The zero-order valence-electron chi connectivity index (χ0n) is 9.93. The van der Waals surface area contributed by atoms with E-state index < -0.39 is 11.8 Å². The van der Waals surface area contributed by atoms with E-state index in [4.69, 9.17) is 5.11 Å². The van der Waals surface area contributed by atoms with E-state index in [9.17, 15) is 14.3 Å². The largest absolute Gasteiger partial charge is 0.508 e. The number of carboxylic acid groups (broad SMARTS) is 1. The van der Waals surface area contributed by atoms with E-state index in [2.05, 4.69) is 5.32 Å². The Bertz CT molecular complexity index is 613. The molecule has 0 unspecified atom stereocenters. The molecule has 2 rings (SSSR count). The summed E-state index contributed by atoms with van der Waals surface area (Å²) in [7, 11) is 0. The van der Waals surface area contributed by atoms with E-state index in [1.54, 1.807) is 18.2 Å². The lowest BCUT2D eigenvalue weighted by Gasteiger charge is -2.09. The van der Waals surface area contributed by atoms with Crippen LogP contribution >= 0.6 is 0 Å². The first-order valence-corrected chi connectivity index (χ1v) is 5.61. The van der Waals surface area contributed by atoms with Crippen LogP contribution in [0.25, 0.3) is 0 Å². The Morgan fingerprint density at radius 1 is 1.21 bits per heavy atom. The fourth-order valence-electron chi connectivity index (χ4n) is 1.64. The summed E-state index contributed by atoms with van der Waals surface area (Å²) in [6.07, 6.45) is 0. The van der Waals surface area contributed by atoms with Gasteiger partial charge in [0, 0.05) is 12.1 Å². The maximum atomic E-state index is 13.5. The number of carbonyl (C=O) groups is 1. The molecule has 0 aliphatic carbocycles. The third kappa shape index (κ3) is 3.01. The second kappa shape index (κ2) is 5.39. The van der Waals surface area contributed by atoms with Gasteiger partial charge in [-0.25, -0.2) is 9.18 Å². The minimum atomic E-state index is -1.12. The van der Waals surface area contributed by atoms with Crippen molar-refractivity contribution >= 4 is 11.7 Å². The van der Waals surface area contributed by atoms with Crippen molar-refractivity contribution in [3.63, 3.8) is 0 Å². The van der Waals surface area contributed by atoms with Crippen molar-refractivity contribution in [2.75, 3.05) is 5.32 Å². The van der Waals surface area contributed by atoms with Gasteiger partial charge in [0.1, 0.15) is 11.6 Å². The molecule has 98 valence electrons. The molecule has 0 fully saturated rings. The summed E-state index contributed by atoms with van der Waals surface area (Å²) in [5.74, 6) is -1.56. The molecule has 0 aromatic heterocycles. The standard InChI is InChI=1S/C14H12FNO3/c15-11-6-5-9(14(18)19)7-12(11)16-8-10-3-1-2-4-13(10)17/h1-7,16-17H,8H2,(H,18,19). The molecule has 0 spiro atoms. The molecule has 0 saturated heterocycles.